The average Bonchev–Trinajstić information content (AvgIpc) is 2.77. The number of hydrogen-bond donors (Lipinski definition) is 2. The minimum absolute atomic E-state index is 0.0184. The van der Waals surface area contributed by atoms with Gasteiger partial charge >= 0.3 is 12.4 Å². The lowest BCUT2D eigenvalue weighted by molar-refractivity contribution is -0.143. The van der Waals surface area contributed by atoms with Crippen molar-refractivity contribution in [3.05, 3.63) is 34.9 Å². The third-order valence-corrected chi connectivity index (χ3v) is 5.58. The minimum atomic E-state index is -5.03. The molecular weight excluding hydrogens is 484 g/mol. The number of nitrogens with zero attached hydrogens (tertiary/aromatic N) is 1. The SMILES string of the molecule is COCC(COC)NC(=O)CN1CCC(CNC(=O)c2cc(C(F)(F)F)cc(C(F)(F)F)c2)CC1. The van der Waals surface area contributed by atoms with Crippen molar-refractivity contribution < 1.29 is 45.4 Å². The Bertz CT molecular complexity index is 816. The third kappa shape index (κ3) is 9.30. The second kappa shape index (κ2) is 12.5. The molecule has 1 aromatic carbocycles. The highest BCUT2D eigenvalue weighted by atomic mass is 19.4. The Kier molecular flexibility index (Phi) is 10.3. The lowest BCUT2D eigenvalue weighted by atomic mass is 9.96. The summed E-state index contributed by atoms with van der Waals surface area (Å²) in [6, 6.07) is 0.521. The zero-order valence-corrected chi connectivity index (χ0v) is 19.4. The first-order valence-electron chi connectivity index (χ1n) is 10.9. The number of likely N-dealkylation sites (tertiary alicyclic amines) is 1. The van der Waals surface area contributed by atoms with Crippen LogP contribution in [0.15, 0.2) is 18.2 Å². The summed E-state index contributed by atoms with van der Waals surface area (Å²) < 4.78 is 88.1. The molecule has 1 aromatic rings. The fourth-order valence-electron chi connectivity index (χ4n) is 3.78. The Morgan fingerprint density at radius 2 is 1.49 bits per heavy atom. The number of carbonyl (C=O) groups excluding carboxylic acids is 2. The summed E-state index contributed by atoms with van der Waals surface area (Å²) in [7, 11) is 3.03. The number of carbonyl (C=O) groups is 2. The van der Waals surface area contributed by atoms with Crippen LogP contribution in [-0.2, 0) is 26.6 Å². The number of alkyl halides is 6. The van der Waals surface area contributed by atoms with Crippen LogP contribution >= 0.6 is 0 Å². The molecule has 0 unspecified atom stereocenters. The Morgan fingerprint density at radius 1 is 0.971 bits per heavy atom. The predicted octanol–water partition coefficient (Wildman–Crippen LogP) is 2.94. The van der Waals surface area contributed by atoms with E-state index >= 15 is 0 Å². The molecule has 2 amide bonds. The standard InChI is InChI=1S/C22H29F6N3O4/c1-34-12-18(13-35-2)30-19(32)11-31-5-3-14(4-6-31)10-29-20(33)15-7-16(21(23,24)25)9-17(8-15)22(26,27)28/h7-9,14,18H,3-6,10-13H2,1-2H3,(H,29,33)(H,30,32). The summed E-state index contributed by atoms with van der Waals surface area (Å²) in [6.07, 6.45) is -8.85. The second-order valence-corrected chi connectivity index (χ2v) is 8.40. The van der Waals surface area contributed by atoms with E-state index in [0.29, 0.717) is 51.3 Å². The summed E-state index contributed by atoms with van der Waals surface area (Å²) in [4.78, 5) is 26.5. The van der Waals surface area contributed by atoms with Crippen LogP contribution in [-0.4, -0.2) is 76.4 Å². The van der Waals surface area contributed by atoms with Crippen molar-refractivity contribution in [1.29, 1.82) is 0 Å². The van der Waals surface area contributed by atoms with Crippen molar-refractivity contribution in [2.75, 3.05) is 53.6 Å². The van der Waals surface area contributed by atoms with Crippen LogP contribution in [0.25, 0.3) is 0 Å². The highest BCUT2D eigenvalue weighted by Gasteiger charge is 2.37. The number of halogens is 6. The van der Waals surface area contributed by atoms with Gasteiger partial charge in [0, 0.05) is 26.3 Å². The molecule has 0 radical (unpaired) electrons. The zero-order chi connectivity index (χ0) is 26.2. The number of benzene rings is 1. The molecule has 13 heteroatoms. The number of hydrogen-bond acceptors (Lipinski definition) is 5. The van der Waals surface area contributed by atoms with E-state index in [0.717, 1.165) is 0 Å². The predicted molar refractivity (Wildman–Crippen MR) is 114 cm³/mol. The fourth-order valence-corrected chi connectivity index (χ4v) is 3.78. The van der Waals surface area contributed by atoms with Crippen molar-refractivity contribution in [2.24, 2.45) is 5.92 Å². The maximum Gasteiger partial charge on any atom is 0.416 e. The lowest BCUT2D eigenvalue weighted by Gasteiger charge is -2.32. The molecule has 0 spiro atoms. The fraction of sp³-hybridized carbons (Fsp3) is 0.636. The number of amides is 2. The number of piperidine rings is 1. The van der Waals surface area contributed by atoms with Crippen molar-refractivity contribution in [3.8, 4) is 0 Å². The van der Waals surface area contributed by atoms with Crippen LogP contribution in [0.3, 0.4) is 0 Å². The molecule has 0 bridgehead atoms. The van der Waals surface area contributed by atoms with Gasteiger partial charge in [0.1, 0.15) is 0 Å². The molecule has 0 aromatic heterocycles. The number of ether oxygens (including phenoxy) is 2. The first-order chi connectivity index (χ1) is 16.3. The molecule has 0 saturated carbocycles. The summed E-state index contributed by atoms with van der Waals surface area (Å²) in [5, 5.41) is 5.25. The van der Waals surface area contributed by atoms with Gasteiger partial charge in [-0.05, 0) is 50.0 Å². The maximum atomic E-state index is 13.0. The normalized spacial score (nSPS) is 15.9. The lowest BCUT2D eigenvalue weighted by Crippen LogP contribution is -2.48. The monoisotopic (exact) mass is 513 g/mol. The number of nitrogens with one attached hydrogen (secondary N) is 2. The van der Waals surface area contributed by atoms with Gasteiger partial charge in [-0.3, -0.25) is 14.5 Å². The average molecular weight is 513 g/mol. The molecule has 1 heterocycles. The van der Waals surface area contributed by atoms with E-state index in [-0.39, 0.29) is 37.0 Å². The Morgan fingerprint density at radius 3 is 1.94 bits per heavy atom. The van der Waals surface area contributed by atoms with Crippen LogP contribution in [0, 0.1) is 5.92 Å². The van der Waals surface area contributed by atoms with Crippen molar-refractivity contribution in [3.63, 3.8) is 0 Å². The summed E-state index contributed by atoms with van der Waals surface area (Å²) in [6.45, 7) is 1.97. The summed E-state index contributed by atoms with van der Waals surface area (Å²) >= 11 is 0. The van der Waals surface area contributed by atoms with Crippen molar-refractivity contribution >= 4 is 11.8 Å². The minimum Gasteiger partial charge on any atom is -0.382 e. The highest BCUT2D eigenvalue weighted by molar-refractivity contribution is 5.94. The molecule has 35 heavy (non-hydrogen) atoms. The van der Waals surface area contributed by atoms with E-state index in [9.17, 15) is 35.9 Å². The molecule has 0 atom stereocenters. The van der Waals surface area contributed by atoms with Gasteiger partial charge in [-0.25, -0.2) is 0 Å². The highest BCUT2D eigenvalue weighted by Crippen LogP contribution is 2.36. The molecule has 1 saturated heterocycles. The topological polar surface area (TPSA) is 79.9 Å². The van der Waals surface area contributed by atoms with Crippen molar-refractivity contribution in [1.82, 2.24) is 15.5 Å². The van der Waals surface area contributed by atoms with E-state index < -0.39 is 35.0 Å². The Balaban J connectivity index is 1.87. The second-order valence-electron chi connectivity index (χ2n) is 8.40. The van der Waals surface area contributed by atoms with E-state index in [1.165, 1.54) is 14.2 Å². The smallest absolute Gasteiger partial charge is 0.382 e. The van der Waals surface area contributed by atoms with Gasteiger partial charge in [-0.1, -0.05) is 0 Å². The molecule has 2 N–H and O–H groups in total. The molecule has 198 valence electrons. The molecule has 1 aliphatic heterocycles. The van der Waals surface area contributed by atoms with Crippen LogP contribution in [0.1, 0.15) is 34.3 Å². The van der Waals surface area contributed by atoms with Crippen molar-refractivity contribution in [2.45, 2.75) is 31.2 Å². The van der Waals surface area contributed by atoms with Gasteiger partial charge in [-0.2, -0.15) is 26.3 Å². The van der Waals surface area contributed by atoms with Gasteiger partial charge in [0.2, 0.25) is 5.91 Å². The van der Waals surface area contributed by atoms with Crippen LogP contribution in [0.2, 0.25) is 0 Å². The zero-order valence-electron chi connectivity index (χ0n) is 19.4. The summed E-state index contributed by atoms with van der Waals surface area (Å²) in [5.41, 5.74) is -3.78. The third-order valence-electron chi connectivity index (χ3n) is 5.58. The largest absolute Gasteiger partial charge is 0.416 e. The van der Waals surface area contributed by atoms with Gasteiger partial charge in [0.25, 0.3) is 5.91 Å². The Hall–Kier alpha value is -2.38. The molecule has 7 nitrogen and oxygen atoms in total. The number of rotatable bonds is 10. The summed E-state index contributed by atoms with van der Waals surface area (Å²) in [5.74, 6) is -1.23. The van der Waals surface area contributed by atoms with Gasteiger partial charge in [0.15, 0.2) is 0 Å². The molecule has 2 rings (SSSR count). The molecule has 0 aliphatic carbocycles. The quantitative estimate of drug-likeness (QED) is 0.471. The molecular formula is C22H29F6N3O4. The van der Waals surface area contributed by atoms with E-state index in [4.69, 9.17) is 9.47 Å². The van der Waals surface area contributed by atoms with Crippen LogP contribution in [0.4, 0.5) is 26.3 Å². The Labute approximate surface area is 199 Å². The van der Waals surface area contributed by atoms with Gasteiger partial charge in [0.05, 0.1) is 36.9 Å². The van der Waals surface area contributed by atoms with Crippen LogP contribution < -0.4 is 10.6 Å². The van der Waals surface area contributed by atoms with E-state index in [1.54, 1.807) is 0 Å². The van der Waals surface area contributed by atoms with E-state index in [1.807, 2.05) is 4.90 Å². The van der Waals surface area contributed by atoms with Gasteiger partial charge < -0.3 is 20.1 Å². The first-order valence-corrected chi connectivity index (χ1v) is 10.9. The molecule has 1 fully saturated rings. The molecule has 1 aliphatic rings. The van der Waals surface area contributed by atoms with Crippen LogP contribution in [0.5, 0.6) is 0 Å². The number of methoxy groups -OCH3 is 2. The maximum absolute atomic E-state index is 13.0. The van der Waals surface area contributed by atoms with Gasteiger partial charge in [-0.15, -0.1) is 0 Å². The van der Waals surface area contributed by atoms with E-state index in [2.05, 4.69) is 10.6 Å². The first kappa shape index (κ1) is 28.9.